The lowest BCUT2D eigenvalue weighted by molar-refractivity contribution is 0.462. The SMILES string of the molecule is Clc1ccc(CNc2cccc(-c3cc(NC4CCCCC4)ncc3Cl)n2)cc1. The maximum atomic E-state index is 6.45. The van der Waals surface area contributed by atoms with Gasteiger partial charge >= 0.3 is 0 Å². The van der Waals surface area contributed by atoms with Gasteiger partial charge in [-0.25, -0.2) is 9.97 Å². The van der Waals surface area contributed by atoms with E-state index in [-0.39, 0.29) is 0 Å². The zero-order valence-electron chi connectivity index (χ0n) is 16.2. The second kappa shape index (κ2) is 9.47. The highest BCUT2D eigenvalue weighted by Gasteiger charge is 2.15. The van der Waals surface area contributed by atoms with E-state index in [1.54, 1.807) is 6.20 Å². The Morgan fingerprint density at radius 1 is 0.931 bits per heavy atom. The van der Waals surface area contributed by atoms with E-state index in [1.165, 1.54) is 32.1 Å². The number of hydrogen-bond acceptors (Lipinski definition) is 4. The number of nitrogens with zero attached hydrogens (tertiary/aromatic N) is 2. The van der Waals surface area contributed by atoms with Gasteiger partial charge in [0.25, 0.3) is 0 Å². The number of aromatic nitrogens is 2. The molecule has 0 spiro atoms. The molecule has 1 aliphatic rings. The smallest absolute Gasteiger partial charge is 0.126 e. The van der Waals surface area contributed by atoms with Crippen molar-refractivity contribution in [1.82, 2.24) is 9.97 Å². The fourth-order valence-corrected chi connectivity index (χ4v) is 3.97. The van der Waals surface area contributed by atoms with E-state index < -0.39 is 0 Å². The lowest BCUT2D eigenvalue weighted by atomic mass is 9.95. The van der Waals surface area contributed by atoms with Crippen LogP contribution in [0, 0.1) is 0 Å². The molecule has 4 nitrogen and oxygen atoms in total. The van der Waals surface area contributed by atoms with Crippen molar-refractivity contribution in [2.45, 2.75) is 44.7 Å². The minimum atomic E-state index is 0.491. The highest BCUT2D eigenvalue weighted by molar-refractivity contribution is 6.33. The summed E-state index contributed by atoms with van der Waals surface area (Å²) < 4.78 is 0. The van der Waals surface area contributed by atoms with Gasteiger partial charge in [-0.3, -0.25) is 0 Å². The van der Waals surface area contributed by atoms with Crippen LogP contribution in [0.25, 0.3) is 11.3 Å². The van der Waals surface area contributed by atoms with Crippen molar-refractivity contribution in [1.29, 1.82) is 0 Å². The summed E-state index contributed by atoms with van der Waals surface area (Å²) in [6.45, 7) is 0.673. The summed E-state index contributed by atoms with van der Waals surface area (Å²) in [5, 5.41) is 8.26. The number of hydrogen-bond donors (Lipinski definition) is 2. The maximum Gasteiger partial charge on any atom is 0.126 e. The molecular weight excluding hydrogens is 403 g/mol. The summed E-state index contributed by atoms with van der Waals surface area (Å²) in [5.74, 6) is 1.66. The number of halogens is 2. The molecule has 0 radical (unpaired) electrons. The standard InChI is InChI=1S/C23H24Cl2N4/c24-17-11-9-16(10-12-17)14-26-22-8-4-7-21(29-22)19-13-23(27-15-20(19)25)28-18-5-2-1-3-6-18/h4,7-13,15,18H,1-3,5-6,14H2,(H,26,29)(H,27,28). The van der Waals surface area contributed by atoms with Crippen LogP contribution in [0.15, 0.2) is 54.7 Å². The number of nitrogens with one attached hydrogen (secondary N) is 2. The summed E-state index contributed by atoms with van der Waals surface area (Å²) in [7, 11) is 0. The first-order chi connectivity index (χ1) is 14.2. The molecule has 0 atom stereocenters. The molecule has 1 fully saturated rings. The Kier molecular flexibility index (Phi) is 6.53. The molecule has 6 heteroatoms. The predicted molar refractivity (Wildman–Crippen MR) is 122 cm³/mol. The van der Waals surface area contributed by atoms with Crippen LogP contribution >= 0.6 is 23.2 Å². The molecule has 2 N–H and O–H groups in total. The normalized spacial score (nSPS) is 14.6. The van der Waals surface area contributed by atoms with Crippen LogP contribution in [0.1, 0.15) is 37.7 Å². The maximum absolute atomic E-state index is 6.45. The zero-order chi connectivity index (χ0) is 20.1. The Labute approximate surface area is 181 Å². The van der Waals surface area contributed by atoms with Crippen molar-refractivity contribution in [3.63, 3.8) is 0 Å². The third-order valence-electron chi connectivity index (χ3n) is 5.22. The first-order valence-corrected chi connectivity index (χ1v) is 10.8. The molecular formula is C23H24Cl2N4. The minimum Gasteiger partial charge on any atom is -0.367 e. The molecule has 1 saturated carbocycles. The average molecular weight is 427 g/mol. The Morgan fingerprint density at radius 3 is 2.52 bits per heavy atom. The van der Waals surface area contributed by atoms with Gasteiger partial charge in [-0.1, -0.05) is 60.7 Å². The van der Waals surface area contributed by atoms with Gasteiger partial charge < -0.3 is 10.6 Å². The van der Waals surface area contributed by atoms with Crippen LogP contribution in [0.4, 0.5) is 11.6 Å². The quantitative estimate of drug-likeness (QED) is 0.454. The van der Waals surface area contributed by atoms with E-state index in [2.05, 4.69) is 15.6 Å². The van der Waals surface area contributed by atoms with Gasteiger partial charge in [0, 0.05) is 29.4 Å². The van der Waals surface area contributed by atoms with Crippen LogP contribution in [0.2, 0.25) is 10.0 Å². The van der Waals surface area contributed by atoms with Crippen molar-refractivity contribution < 1.29 is 0 Å². The van der Waals surface area contributed by atoms with Crippen LogP contribution in [0.5, 0.6) is 0 Å². The summed E-state index contributed by atoms with van der Waals surface area (Å²) in [5.41, 5.74) is 2.85. The van der Waals surface area contributed by atoms with Gasteiger partial charge in [-0.05, 0) is 48.7 Å². The van der Waals surface area contributed by atoms with Crippen LogP contribution < -0.4 is 10.6 Å². The van der Waals surface area contributed by atoms with Gasteiger partial charge in [-0.2, -0.15) is 0 Å². The molecule has 29 heavy (non-hydrogen) atoms. The molecule has 0 aliphatic heterocycles. The number of rotatable bonds is 6. The fraction of sp³-hybridized carbons (Fsp3) is 0.304. The van der Waals surface area contributed by atoms with E-state index >= 15 is 0 Å². The van der Waals surface area contributed by atoms with Crippen molar-refractivity contribution in [2.24, 2.45) is 0 Å². The van der Waals surface area contributed by atoms with Gasteiger partial charge in [0.15, 0.2) is 0 Å². The summed E-state index contributed by atoms with van der Waals surface area (Å²) in [4.78, 5) is 9.21. The lowest BCUT2D eigenvalue weighted by Gasteiger charge is -2.23. The van der Waals surface area contributed by atoms with Gasteiger partial charge in [0.1, 0.15) is 11.6 Å². The monoisotopic (exact) mass is 426 g/mol. The summed E-state index contributed by atoms with van der Waals surface area (Å²) >= 11 is 12.4. The van der Waals surface area contributed by atoms with E-state index in [9.17, 15) is 0 Å². The Morgan fingerprint density at radius 2 is 1.72 bits per heavy atom. The third-order valence-corrected chi connectivity index (χ3v) is 5.78. The molecule has 0 unspecified atom stereocenters. The Hall–Kier alpha value is -2.30. The highest BCUT2D eigenvalue weighted by Crippen LogP contribution is 2.30. The van der Waals surface area contributed by atoms with E-state index in [1.807, 2.05) is 48.5 Å². The molecule has 150 valence electrons. The molecule has 2 aromatic heterocycles. The molecule has 2 heterocycles. The third kappa shape index (κ3) is 5.40. The molecule has 3 aromatic rings. The van der Waals surface area contributed by atoms with E-state index in [4.69, 9.17) is 28.2 Å². The summed E-state index contributed by atoms with van der Waals surface area (Å²) in [6.07, 6.45) is 7.99. The Bertz CT molecular complexity index is 953. The minimum absolute atomic E-state index is 0.491. The summed E-state index contributed by atoms with van der Waals surface area (Å²) in [6, 6.07) is 16.2. The fourth-order valence-electron chi connectivity index (χ4n) is 3.65. The molecule has 4 rings (SSSR count). The largest absolute Gasteiger partial charge is 0.367 e. The Balaban J connectivity index is 1.49. The molecule has 0 bridgehead atoms. The lowest BCUT2D eigenvalue weighted by Crippen LogP contribution is -2.22. The zero-order valence-corrected chi connectivity index (χ0v) is 17.7. The topological polar surface area (TPSA) is 49.8 Å². The van der Waals surface area contributed by atoms with E-state index in [0.29, 0.717) is 17.6 Å². The van der Waals surface area contributed by atoms with Crippen molar-refractivity contribution in [3.05, 3.63) is 70.3 Å². The second-order valence-electron chi connectivity index (χ2n) is 7.42. The van der Waals surface area contributed by atoms with Crippen LogP contribution in [0.3, 0.4) is 0 Å². The molecule has 1 aromatic carbocycles. The van der Waals surface area contributed by atoms with Crippen LogP contribution in [-0.2, 0) is 6.54 Å². The van der Waals surface area contributed by atoms with Gasteiger partial charge in [0.05, 0.1) is 10.7 Å². The molecule has 1 aliphatic carbocycles. The highest BCUT2D eigenvalue weighted by atomic mass is 35.5. The number of pyridine rings is 2. The molecule has 0 saturated heterocycles. The predicted octanol–water partition coefficient (Wildman–Crippen LogP) is 6.81. The van der Waals surface area contributed by atoms with Crippen molar-refractivity contribution >= 4 is 34.8 Å². The van der Waals surface area contributed by atoms with Gasteiger partial charge in [0.2, 0.25) is 0 Å². The average Bonchev–Trinajstić information content (AvgIpc) is 2.76. The second-order valence-corrected chi connectivity index (χ2v) is 8.26. The van der Waals surface area contributed by atoms with Crippen molar-refractivity contribution in [3.8, 4) is 11.3 Å². The van der Waals surface area contributed by atoms with E-state index in [0.717, 1.165) is 33.5 Å². The molecule has 0 amide bonds. The first kappa shape index (κ1) is 20.0. The van der Waals surface area contributed by atoms with Crippen molar-refractivity contribution in [2.75, 3.05) is 10.6 Å². The number of benzene rings is 1. The van der Waals surface area contributed by atoms with Crippen LogP contribution in [-0.4, -0.2) is 16.0 Å². The van der Waals surface area contributed by atoms with Gasteiger partial charge in [-0.15, -0.1) is 0 Å². The first-order valence-electron chi connectivity index (χ1n) is 10.1. The number of anilines is 2.